The van der Waals surface area contributed by atoms with E-state index in [1.165, 1.54) is 16.7 Å². The highest BCUT2D eigenvalue weighted by Gasteiger charge is 2.16. The summed E-state index contributed by atoms with van der Waals surface area (Å²) in [5, 5.41) is 0. The van der Waals surface area contributed by atoms with Gasteiger partial charge in [0.2, 0.25) is 0 Å². The standard InChI is InChI=1S/C38H50N2O5/c1-3-5-23-43-36-8-6-7-33(30-36)37(4-2)38(31-9-13-34(14-10-31)44-28-21-39-17-24-41-25-18-39)32-11-15-35(16-12-32)45-29-22-40-19-26-42-27-20-40/h6-16,30H,3-5,17-29H2,1-2H3. The van der Waals surface area contributed by atoms with Crippen LogP contribution in [0.1, 0.15) is 49.8 Å². The van der Waals surface area contributed by atoms with Crippen molar-refractivity contribution >= 4 is 11.1 Å². The molecule has 0 N–H and O–H groups in total. The van der Waals surface area contributed by atoms with E-state index in [4.69, 9.17) is 23.7 Å². The van der Waals surface area contributed by atoms with Crippen LogP contribution in [0.15, 0.2) is 72.8 Å². The van der Waals surface area contributed by atoms with Crippen molar-refractivity contribution in [2.75, 3.05) is 85.5 Å². The fourth-order valence-electron chi connectivity index (χ4n) is 5.82. The molecule has 2 aliphatic rings. The fraction of sp³-hybridized carbons (Fsp3) is 0.474. The molecule has 45 heavy (non-hydrogen) atoms. The summed E-state index contributed by atoms with van der Waals surface area (Å²) in [5.74, 6) is 2.69. The molecule has 242 valence electrons. The lowest BCUT2D eigenvalue weighted by Gasteiger charge is -2.26. The second-order valence-corrected chi connectivity index (χ2v) is 11.6. The van der Waals surface area contributed by atoms with Gasteiger partial charge in [0.25, 0.3) is 0 Å². The summed E-state index contributed by atoms with van der Waals surface area (Å²) in [6.07, 6.45) is 3.04. The lowest BCUT2D eigenvalue weighted by atomic mass is 9.88. The Bertz CT molecular complexity index is 1240. The summed E-state index contributed by atoms with van der Waals surface area (Å²) < 4.78 is 29.3. The maximum atomic E-state index is 6.14. The van der Waals surface area contributed by atoms with Crippen molar-refractivity contribution in [3.63, 3.8) is 0 Å². The van der Waals surface area contributed by atoms with Crippen LogP contribution < -0.4 is 14.2 Å². The number of nitrogens with zero attached hydrogens (tertiary/aromatic N) is 2. The molecule has 0 atom stereocenters. The third-order valence-electron chi connectivity index (χ3n) is 8.45. The highest BCUT2D eigenvalue weighted by atomic mass is 16.5. The SMILES string of the molecule is CCCCOc1cccc(C(CC)=C(c2ccc(OCCN3CCOCC3)cc2)c2ccc(OCCN3CCOCC3)cc2)c1. The number of hydrogen-bond donors (Lipinski definition) is 0. The van der Waals surface area contributed by atoms with E-state index in [-0.39, 0.29) is 0 Å². The molecular formula is C38H50N2O5. The normalized spacial score (nSPS) is 15.9. The van der Waals surface area contributed by atoms with Crippen molar-refractivity contribution in [2.24, 2.45) is 0 Å². The number of ether oxygens (including phenoxy) is 5. The average Bonchev–Trinajstić information content (AvgIpc) is 3.09. The molecule has 0 amide bonds. The molecule has 0 bridgehead atoms. The number of allylic oxidation sites excluding steroid dienone is 1. The van der Waals surface area contributed by atoms with Crippen molar-refractivity contribution in [3.8, 4) is 17.2 Å². The molecule has 0 spiro atoms. The fourth-order valence-corrected chi connectivity index (χ4v) is 5.82. The molecule has 0 unspecified atom stereocenters. The van der Waals surface area contributed by atoms with Crippen molar-refractivity contribution in [1.29, 1.82) is 0 Å². The third-order valence-corrected chi connectivity index (χ3v) is 8.45. The maximum absolute atomic E-state index is 6.14. The van der Waals surface area contributed by atoms with E-state index >= 15 is 0 Å². The minimum atomic E-state index is 0.667. The van der Waals surface area contributed by atoms with Crippen LogP contribution in [0.5, 0.6) is 17.2 Å². The Balaban J connectivity index is 1.35. The molecule has 0 saturated carbocycles. The molecule has 3 aromatic rings. The summed E-state index contributed by atoms with van der Waals surface area (Å²) in [7, 11) is 0. The van der Waals surface area contributed by atoms with Crippen molar-refractivity contribution in [1.82, 2.24) is 9.80 Å². The lowest BCUT2D eigenvalue weighted by molar-refractivity contribution is 0.0321. The van der Waals surface area contributed by atoms with Crippen LogP contribution in [0.25, 0.3) is 11.1 Å². The van der Waals surface area contributed by atoms with Gasteiger partial charge >= 0.3 is 0 Å². The van der Waals surface area contributed by atoms with E-state index in [9.17, 15) is 0 Å². The Labute approximate surface area is 269 Å². The van der Waals surface area contributed by atoms with Crippen LogP contribution in [0, 0.1) is 0 Å². The highest BCUT2D eigenvalue weighted by Crippen LogP contribution is 2.36. The van der Waals surface area contributed by atoms with Crippen LogP contribution in [0.4, 0.5) is 0 Å². The number of hydrogen-bond acceptors (Lipinski definition) is 7. The van der Waals surface area contributed by atoms with Gasteiger partial charge in [-0.1, -0.05) is 56.7 Å². The Hall–Kier alpha value is -3.36. The Kier molecular flexibility index (Phi) is 13.2. The van der Waals surface area contributed by atoms with Crippen molar-refractivity contribution in [2.45, 2.75) is 33.1 Å². The zero-order valence-corrected chi connectivity index (χ0v) is 27.2. The third kappa shape index (κ3) is 10.1. The van der Waals surface area contributed by atoms with Gasteiger partial charge in [-0.2, -0.15) is 0 Å². The first-order chi connectivity index (χ1) is 22.2. The number of morpholine rings is 2. The summed E-state index contributed by atoms with van der Waals surface area (Å²) in [6, 6.07) is 25.6. The van der Waals surface area contributed by atoms with E-state index in [0.717, 1.165) is 120 Å². The number of unbranched alkanes of at least 4 members (excludes halogenated alkanes) is 1. The second-order valence-electron chi connectivity index (χ2n) is 11.6. The highest BCUT2D eigenvalue weighted by molar-refractivity contribution is 5.98. The van der Waals surface area contributed by atoms with Crippen molar-refractivity contribution in [3.05, 3.63) is 89.5 Å². The largest absolute Gasteiger partial charge is 0.494 e. The van der Waals surface area contributed by atoms with Crippen molar-refractivity contribution < 1.29 is 23.7 Å². The lowest BCUT2D eigenvalue weighted by Crippen LogP contribution is -2.38. The van der Waals surface area contributed by atoms with E-state index < -0.39 is 0 Å². The van der Waals surface area contributed by atoms with Gasteiger partial charge in [0.1, 0.15) is 30.5 Å². The molecule has 5 rings (SSSR count). The Morgan fingerprint density at radius 1 is 0.600 bits per heavy atom. The van der Waals surface area contributed by atoms with E-state index in [1.54, 1.807) is 0 Å². The predicted molar refractivity (Wildman–Crippen MR) is 181 cm³/mol. The van der Waals surface area contributed by atoms with Crippen LogP contribution in [-0.2, 0) is 9.47 Å². The van der Waals surface area contributed by atoms with Gasteiger partial charge in [0.05, 0.1) is 33.0 Å². The predicted octanol–water partition coefficient (Wildman–Crippen LogP) is 6.66. The van der Waals surface area contributed by atoms with Gasteiger partial charge < -0.3 is 23.7 Å². The van der Waals surface area contributed by atoms with Gasteiger partial charge in [-0.3, -0.25) is 9.80 Å². The molecule has 2 heterocycles. The molecule has 3 aromatic carbocycles. The Morgan fingerprint density at radius 2 is 1.11 bits per heavy atom. The summed E-state index contributed by atoms with van der Waals surface area (Å²) in [6.45, 7) is 15.4. The summed E-state index contributed by atoms with van der Waals surface area (Å²) in [5.41, 5.74) is 5.98. The smallest absolute Gasteiger partial charge is 0.119 e. The van der Waals surface area contributed by atoms with Crippen LogP contribution in [0.3, 0.4) is 0 Å². The molecule has 0 aromatic heterocycles. The second kappa shape index (κ2) is 18.0. The van der Waals surface area contributed by atoms with Gasteiger partial charge in [0.15, 0.2) is 0 Å². The van der Waals surface area contributed by atoms with Crippen LogP contribution in [-0.4, -0.2) is 95.3 Å². The molecular weight excluding hydrogens is 564 g/mol. The first-order valence-electron chi connectivity index (χ1n) is 16.8. The van der Waals surface area contributed by atoms with Gasteiger partial charge in [0, 0.05) is 39.3 Å². The Morgan fingerprint density at radius 3 is 1.60 bits per heavy atom. The molecule has 0 radical (unpaired) electrons. The van der Waals surface area contributed by atoms with E-state index in [2.05, 4.69) is 96.4 Å². The average molecular weight is 615 g/mol. The topological polar surface area (TPSA) is 52.6 Å². The van der Waals surface area contributed by atoms with Gasteiger partial charge in [-0.25, -0.2) is 0 Å². The number of benzene rings is 3. The quantitative estimate of drug-likeness (QED) is 0.132. The van der Waals surface area contributed by atoms with Gasteiger partial charge in [-0.05, 0) is 77.1 Å². The zero-order valence-electron chi connectivity index (χ0n) is 27.2. The van der Waals surface area contributed by atoms with E-state index in [0.29, 0.717) is 13.2 Å². The molecule has 0 aliphatic carbocycles. The summed E-state index contributed by atoms with van der Waals surface area (Å²) in [4.78, 5) is 4.78. The van der Waals surface area contributed by atoms with E-state index in [1.807, 2.05) is 0 Å². The number of rotatable bonds is 16. The first-order valence-corrected chi connectivity index (χ1v) is 16.8. The molecule has 2 aliphatic heterocycles. The minimum Gasteiger partial charge on any atom is -0.494 e. The first kappa shape index (κ1) is 33.0. The zero-order chi connectivity index (χ0) is 31.1. The molecule has 7 nitrogen and oxygen atoms in total. The van der Waals surface area contributed by atoms with Gasteiger partial charge in [-0.15, -0.1) is 0 Å². The van der Waals surface area contributed by atoms with Crippen LogP contribution in [0.2, 0.25) is 0 Å². The molecule has 2 fully saturated rings. The monoisotopic (exact) mass is 614 g/mol. The molecule has 7 heteroatoms. The molecule has 2 saturated heterocycles. The maximum Gasteiger partial charge on any atom is 0.119 e. The summed E-state index contributed by atoms with van der Waals surface area (Å²) >= 11 is 0. The van der Waals surface area contributed by atoms with Crippen LogP contribution >= 0.6 is 0 Å². The minimum absolute atomic E-state index is 0.667.